The van der Waals surface area contributed by atoms with Crippen LogP contribution >= 0.6 is 0 Å². The van der Waals surface area contributed by atoms with Crippen molar-refractivity contribution >= 4 is 11.0 Å². The number of rotatable bonds is 7. The maximum atomic E-state index is 13.4. The molecule has 1 aromatic heterocycles. The Balaban J connectivity index is 1.48. The predicted octanol–water partition coefficient (Wildman–Crippen LogP) is -3.74. The number of phenols is 4. The van der Waals surface area contributed by atoms with E-state index in [0.29, 0.717) is 0 Å². The van der Waals surface area contributed by atoms with Crippen molar-refractivity contribution in [1.82, 2.24) is 0 Å². The predicted molar refractivity (Wildman–Crippen MR) is 173 cm³/mol. The number of hydrogen-bond acceptors (Lipinski definition) is 21. The second kappa shape index (κ2) is 14.5. The van der Waals surface area contributed by atoms with E-state index in [-0.39, 0.29) is 5.56 Å². The largest absolute Gasteiger partial charge is 0.504 e. The molecular weight excluding hydrogens is 732 g/mol. The quantitative estimate of drug-likeness (QED) is 0.103. The molecule has 15 atom stereocenters. The summed E-state index contributed by atoms with van der Waals surface area (Å²) in [4.78, 5) is 13.4. The van der Waals surface area contributed by atoms with Crippen LogP contribution in [0.5, 0.6) is 34.5 Å². The van der Waals surface area contributed by atoms with Gasteiger partial charge in [0.2, 0.25) is 23.2 Å². The zero-order chi connectivity index (χ0) is 39.7. The second-order valence-electron chi connectivity index (χ2n) is 13.4. The smallest absolute Gasteiger partial charge is 0.238 e. The van der Waals surface area contributed by atoms with Crippen molar-refractivity contribution in [3.63, 3.8) is 0 Å². The van der Waals surface area contributed by atoms with Gasteiger partial charge in [0.05, 0.1) is 18.8 Å². The van der Waals surface area contributed by atoms with Crippen LogP contribution in [-0.4, -0.2) is 170 Å². The summed E-state index contributed by atoms with van der Waals surface area (Å²) in [6.07, 6.45) is -27.1. The van der Waals surface area contributed by atoms with Crippen molar-refractivity contribution in [3.05, 3.63) is 34.5 Å². The highest BCUT2D eigenvalue weighted by Crippen LogP contribution is 2.48. The van der Waals surface area contributed by atoms with E-state index in [1.165, 1.54) is 19.9 Å². The van der Waals surface area contributed by atoms with Gasteiger partial charge in [-0.25, -0.2) is 0 Å². The van der Waals surface area contributed by atoms with E-state index < -0.39 is 155 Å². The lowest BCUT2D eigenvalue weighted by Gasteiger charge is -2.56. The Morgan fingerprint density at radius 1 is 0.722 bits per heavy atom. The lowest BCUT2D eigenvalue weighted by molar-refractivity contribution is -0.402. The minimum Gasteiger partial charge on any atom is -0.504 e. The number of aromatic hydroxyl groups is 5. The molecule has 298 valence electrons. The molecule has 2 aromatic carbocycles. The standard InChI is InChI=1S/C33H40O21/c1-8-17(38)22(43)25(46)30(49-8)33(48)29(54-31-26(47)23(44)18(39)9(2)50-31)19(40)15(7-34)52-32(33)53-28-13(37)6-14-16(21(28)42)20(41)24(45)27(51-14)10-3-4-11(35)12(36)5-10/h3-6,8-9,15,17-19,22-23,25-26,29-32,34-40,42-48H,7H2,1-2H3/t8-,9-,15-,17-,18-,19-,22+,23+,25+,26+,29+,30+,31-,32+,33+/m1/s1. The van der Waals surface area contributed by atoms with Gasteiger partial charge in [-0.05, 0) is 32.0 Å². The molecule has 0 unspecified atom stereocenters. The third kappa shape index (κ3) is 6.35. The fourth-order valence-electron chi connectivity index (χ4n) is 6.79. The molecule has 3 aliphatic heterocycles. The molecule has 0 aliphatic carbocycles. The van der Waals surface area contributed by atoms with Crippen molar-refractivity contribution in [2.75, 3.05) is 6.61 Å². The molecule has 3 aromatic rings. The van der Waals surface area contributed by atoms with Crippen LogP contribution < -0.4 is 10.2 Å². The zero-order valence-corrected chi connectivity index (χ0v) is 28.2. The van der Waals surface area contributed by atoms with E-state index in [0.717, 1.165) is 18.2 Å². The fraction of sp³-hybridized carbons (Fsp3) is 0.545. The third-order valence-electron chi connectivity index (χ3n) is 9.93. The van der Waals surface area contributed by atoms with Gasteiger partial charge in [-0.3, -0.25) is 4.79 Å². The molecule has 21 nitrogen and oxygen atoms in total. The first kappa shape index (κ1) is 39.6. The first-order valence-corrected chi connectivity index (χ1v) is 16.5. The summed E-state index contributed by atoms with van der Waals surface area (Å²) in [5.41, 5.74) is -5.19. The van der Waals surface area contributed by atoms with Gasteiger partial charge in [0.15, 0.2) is 40.6 Å². The number of ether oxygens (including phenoxy) is 5. The number of fused-ring (bicyclic) bond motifs is 1. The van der Waals surface area contributed by atoms with Crippen molar-refractivity contribution < 1.29 is 99.6 Å². The van der Waals surface area contributed by atoms with Gasteiger partial charge in [-0.15, -0.1) is 0 Å². The van der Waals surface area contributed by atoms with Crippen LogP contribution in [0.25, 0.3) is 22.3 Å². The summed E-state index contributed by atoms with van der Waals surface area (Å²) < 4.78 is 33.9. The molecule has 0 radical (unpaired) electrons. The Kier molecular flexibility index (Phi) is 10.7. The van der Waals surface area contributed by atoms with Gasteiger partial charge in [0.1, 0.15) is 72.0 Å². The molecule has 54 heavy (non-hydrogen) atoms. The van der Waals surface area contributed by atoms with Crippen molar-refractivity contribution in [1.29, 1.82) is 0 Å². The maximum Gasteiger partial charge on any atom is 0.238 e. The third-order valence-corrected chi connectivity index (χ3v) is 9.93. The Labute approximate surface area is 302 Å². The van der Waals surface area contributed by atoms with Crippen LogP contribution in [0.4, 0.5) is 0 Å². The highest BCUT2D eigenvalue weighted by Gasteiger charge is 2.67. The molecule has 3 aliphatic rings. The molecule has 6 rings (SSSR count). The van der Waals surface area contributed by atoms with Gasteiger partial charge in [-0.1, -0.05) is 0 Å². The lowest BCUT2D eigenvalue weighted by Crippen LogP contribution is -2.78. The molecule has 0 bridgehead atoms. The van der Waals surface area contributed by atoms with Crippen molar-refractivity contribution in [2.24, 2.45) is 0 Å². The van der Waals surface area contributed by atoms with Crippen molar-refractivity contribution in [2.45, 2.75) is 105 Å². The summed E-state index contributed by atoms with van der Waals surface area (Å²) in [6.45, 7) is 1.46. The molecule has 0 amide bonds. The van der Waals surface area contributed by atoms with Crippen LogP contribution in [-0.2, 0) is 18.9 Å². The summed E-state index contributed by atoms with van der Waals surface area (Å²) in [5.74, 6) is -6.20. The number of benzene rings is 2. The Hall–Kier alpha value is -4.07. The average Bonchev–Trinajstić information content (AvgIpc) is 3.13. The van der Waals surface area contributed by atoms with E-state index in [4.69, 9.17) is 28.1 Å². The summed E-state index contributed by atoms with van der Waals surface area (Å²) in [5, 5.41) is 150. The summed E-state index contributed by atoms with van der Waals surface area (Å²) >= 11 is 0. The van der Waals surface area contributed by atoms with Crippen LogP contribution in [0.1, 0.15) is 13.8 Å². The topological polar surface area (TPSA) is 360 Å². The van der Waals surface area contributed by atoms with Gasteiger partial charge in [-0.2, -0.15) is 0 Å². The van der Waals surface area contributed by atoms with Gasteiger partial charge < -0.3 is 99.6 Å². The highest BCUT2D eigenvalue weighted by atomic mass is 16.7. The van der Waals surface area contributed by atoms with E-state index in [1.807, 2.05) is 0 Å². The average molecular weight is 773 g/mol. The number of aliphatic hydroxyl groups excluding tert-OH is 8. The van der Waals surface area contributed by atoms with Crippen molar-refractivity contribution in [3.8, 4) is 45.8 Å². The Bertz CT molecular complexity index is 1920. The van der Waals surface area contributed by atoms with E-state index >= 15 is 0 Å². The fourth-order valence-corrected chi connectivity index (χ4v) is 6.79. The molecular formula is C33H40O21. The molecule has 4 heterocycles. The number of phenolic OH excluding ortho intramolecular Hbond substituents is 4. The lowest BCUT2D eigenvalue weighted by atomic mass is 9.76. The van der Waals surface area contributed by atoms with E-state index in [1.54, 1.807) is 0 Å². The molecule has 21 heteroatoms. The minimum atomic E-state index is -3.20. The summed E-state index contributed by atoms with van der Waals surface area (Å²) in [7, 11) is 0. The first-order chi connectivity index (χ1) is 25.3. The van der Waals surface area contributed by atoms with Gasteiger partial charge >= 0.3 is 0 Å². The SMILES string of the molecule is C[C@H]1O[C@H](O[C@H]2[C@H](O)[C@@H](CO)O[C@@H](Oc3c(O)cc4oc(-c5ccc(O)c(O)c5)c(O)c(=O)c4c3O)[C@@]2(O)[C@H]2O[C@H](C)[C@@H](O)[C@H](O)[C@@H]2O)[C@@H](O)[C@@H](O)[C@@H]1O. The van der Waals surface area contributed by atoms with Crippen LogP contribution in [0.2, 0.25) is 0 Å². The number of hydrogen-bond donors (Lipinski definition) is 14. The van der Waals surface area contributed by atoms with E-state index in [2.05, 4.69) is 0 Å². The van der Waals surface area contributed by atoms with Gasteiger partial charge in [0, 0.05) is 11.6 Å². The van der Waals surface area contributed by atoms with Crippen LogP contribution in [0, 0.1) is 0 Å². The minimum absolute atomic E-state index is 0.113. The zero-order valence-electron chi connectivity index (χ0n) is 28.2. The number of aliphatic hydroxyl groups is 9. The Morgan fingerprint density at radius 2 is 1.35 bits per heavy atom. The molecule has 3 fully saturated rings. The first-order valence-electron chi connectivity index (χ1n) is 16.5. The normalized spacial score (nSPS) is 38.7. The molecule has 14 N–H and O–H groups in total. The Morgan fingerprint density at radius 3 is 1.98 bits per heavy atom. The van der Waals surface area contributed by atoms with Gasteiger partial charge in [0.25, 0.3) is 0 Å². The molecule has 3 saturated heterocycles. The monoisotopic (exact) mass is 772 g/mol. The summed E-state index contributed by atoms with van der Waals surface area (Å²) in [6, 6.07) is 3.88. The highest BCUT2D eigenvalue weighted by molar-refractivity contribution is 5.91. The molecule has 0 saturated carbocycles. The van der Waals surface area contributed by atoms with E-state index in [9.17, 15) is 76.3 Å². The van der Waals surface area contributed by atoms with Crippen LogP contribution in [0.15, 0.2) is 33.5 Å². The second-order valence-corrected chi connectivity index (χ2v) is 13.4. The molecule has 0 spiro atoms. The maximum absolute atomic E-state index is 13.4. The van der Waals surface area contributed by atoms with Crippen LogP contribution in [0.3, 0.4) is 0 Å².